The minimum absolute atomic E-state index is 0.00825. The number of carboxylic acid groups (broad SMARTS) is 1. The first-order chi connectivity index (χ1) is 50.6. The molecule has 592 valence electrons. The Balaban J connectivity index is 1.10. The summed E-state index contributed by atoms with van der Waals surface area (Å²) in [5, 5.41) is 17.8. The van der Waals surface area contributed by atoms with E-state index in [9.17, 15) is 4.79 Å². The molecule has 104 heavy (non-hydrogen) atoms. The normalized spacial score (nSPS) is 39.4. The van der Waals surface area contributed by atoms with Crippen LogP contribution in [0.1, 0.15) is 12.8 Å². The van der Waals surface area contributed by atoms with Gasteiger partial charge in [0.1, 0.15) is 165 Å². The minimum Gasteiger partial charge on any atom is -0.494 e. The average Bonchev–Trinajstić information content (AvgIpc) is 0.765. The van der Waals surface area contributed by atoms with Gasteiger partial charge in [0.2, 0.25) is 0 Å². The van der Waals surface area contributed by atoms with Gasteiger partial charge < -0.3 is 152 Å². The topological polar surface area (TPSA) is 348 Å². The fourth-order valence-electron chi connectivity index (χ4n) is 14.5. The van der Waals surface area contributed by atoms with Crippen LogP contribution in [0.4, 0.5) is 11.4 Å². The molecule has 0 aliphatic carbocycles. The lowest BCUT2D eigenvalue weighted by molar-refractivity contribution is -0.409. The van der Waals surface area contributed by atoms with Crippen LogP contribution < -0.4 is 9.47 Å². The molecule has 12 bridgehead atoms. The van der Waals surface area contributed by atoms with Gasteiger partial charge >= 0.3 is 5.97 Å². The van der Waals surface area contributed by atoms with Gasteiger partial charge in [0, 0.05) is 127 Å². The number of nitrogens with zero attached hydrogens (tertiary/aromatic N) is 2. The molecule has 24 rings (SSSR count). The van der Waals surface area contributed by atoms with E-state index < -0.39 is 190 Å². The van der Waals surface area contributed by atoms with Crippen molar-refractivity contribution in [3.8, 4) is 11.5 Å². The molecule has 35 nitrogen and oxygen atoms in total. The van der Waals surface area contributed by atoms with E-state index in [0.717, 1.165) is 0 Å². The Hall–Kier alpha value is -4.05. The Morgan fingerprint density at radius 2 is 0.510 bits per heavy atom. The number of azo groups is 1. The molecule has 22 aliphatic rings. The molecule has 22 heterocycles. The Bertz CT molecular complexity index is 2800. The summed E-state index contributed by atoms with van der Waals surface area (Å²) in [5.41, 5.74) is 1.07. The summed E-state index contributed by atoms with van der Waals surface area (Å²) in [4.78, 5) is 10.9. The van der Waals surface area contributed by atoms with Crippen LogP contribution in [0.2, 0.25) is 0 Å². The summed E-state index contributed by atoms with van der Waals surface area (Å²) < 4.78 is 201. The number of hydrogen-bond acceptors (Lipinski definition) is 34. The lowest BCUT2D eigenvalue weighted by atomic mass is 9.94. The van der Waals surface area contributed by atoms with E-state index in [1.807, 2.05) is 0 Å². The molecule has 2 aromatic carbocycles. The third kappa shape index (κ3) is 19.7. The molecule has 30 atom stereocenters. The maximum atomic E-state index is 10.9. The van der Waals surface area contributed by atoms with Crippen molar-refractivity contribution in [1.29, 1.82) is 0 Å². The van der Waals surface area contributed by atoms with Gasteiger partial charge in [-0.15, -0.1) is 0 Å². The first kappa shape index (κ1) is 84.0. The molecule has 0 aromatic heterocycles. The average molecular weight is 1490 g/mol. The second-order valence-corrected chi connectivity index (χ2v) is 25.4. The monoisotopic (exact) mass is 1490 g/mol. The second kappa shape index (κ2) is 41.7. The van der Waals surface area contributed by atoms with Gasteiger partial charge in [-0.3, -0.25) is 4.79 Å². The number of carboxylic acids is 1. The number of aliphatic carboxylic acids is 1. The number of hydrogen-bond donors (Lipinski definition) is 1. The summed E-state index contributed by atoms with van der Waals surface area (Å²) in [6.07, 6.45) is -31.3. The molecule has 1 N–H and O–H groups in total. The van der Waals surface area contributed by atoms with Gasteiger partial charge in [-0.2, -0.15) is 10.2 Å². The van der Waals surface area contributed by atoms with E-state index in [1.54, 1.807) is 48.5 Å². The lowest BCUT2D eigenvalue weighted by Crippen LogP contribution is -2.70. The van der Waals surface area contributed by atoms with Gasteiger partial charge in [-0.1, -0.05) is 0 Å². The van der Waals surface area contributed by atoms with E-state index >= 15 is 0 Å². The van der Waals surface area contributed by atoms with Crippen LogP contribution in [0.3, 0.4) is 0 Å². The van der Waals surface area contributed by atoms with Crippen molar-refractivity contribution < 1.29 is 157 Å². The summed E-state index contributed by atoms with van der Waals surface area (Å²) in [6.45, 7) is -0.179. The highest BCUT2D eigenvalue weighted by Crippen LogP contribution is 2.43. The second-order valence-electron chi connectivity index (χ2n) is 25.4. The predicted molar refractivity (Wildman–Crippen MR) is 355 cm³/mol. The van der Waals surface area contributed by atoms with Crippen LogP contribution in [0.25, 0.3) is 0 Å². The molecule has 22 fully saturated rings. The number of carbonyl (C=O) groups is 1. The zero-order valence-electron chi connectivity index (χ0n) is 62.2. The highest BCUT2D eigenvalue weighted by Gasteiger charge is 2.61. The number of rotatable bonds is 32. The highest BCUT2D eigenvalue weighted by molar-refractivity contribution is 5.66. The largest absolute Gasteiger partial charge is 0.494 e. The lowest BCUT2D eigenvalue weighted by Gasteiger charge is -2.53. The van der Waals surface area contributed by atoms with Crippen LogP contribution in [-0.4, -0.2) is 362 Å². The van der Waals surface area contributed by atoms with Gasteiger partial charge in [-0.25, -0.2) is 0 Å². The molecule has 0 radical (unpaired) electrons. The van der Waals surface area contributed by atoms with Crippen LogP contribution in [0, 0.1) is 0 Å². The van der Waals surface area contributed by atoms with Crippen molar-refractivity contribution in [3.05, 3.63) is 48.5 Å². The van der Waals surface area contributed by atoms with Gasteiger partial charge in [0.25, 0.3) is 0 Å². The van der Waals surface area contributed by atoms with Crippen molar-refractivity contribution in [2.75, 3.05) is 167 Å². The molecular formula is C69H108N2O33. The zero-order chi connectivity index (χ0) is 74.6. The fraction of sp³-hybridized carbons (Fsp3) is 0.812. The van der Waals surface area contributed by atoms with Crippen molar-refractivity contribution in [2.24, 2.45) is 10.2 Å². The molecule has 0 amide bonds. The molecule has 0 spiro atoms. The Morgan fingerprint density at radius 3 is 0.712 bits per heavy atom. The van der Waals surface area contributed by atoms with Crippen molar-refractivity contribution in [2.45, 2.75) is 197 Å². The quantitative estimate of drug-likeness (QED) is 0.0813. The van der Waals surface area contributed by atoms with E-state index in [4.69, 9.17) is 152 Å². The molecule has 35 heteroatoms. The third-order valence-electron chi connectivity index (χ3n) is 19.4. The summed E-state index contributed by atoms with van der Waals surface area (Å²) in [5.74, 6) is 0.102. The Kier molecular flexibility index (Phi) is 33.6. The number of ether oxygens (including phenoxy) is 31. The van der Waals surface area contributed by atoms with E-state index in [2.05, 4.69) is 10.2 Å². The Morgan fingerprint density at radius 1 is 0.298 bits per heavy atom. The van der Waals surface area contributed by atoms with Crippen LogP contribution >= 0.6 is 0 Å². The van der Waals surface area contributed by atoms with E-state index in [-0.39, 0.29) is 52.7 Å². The zero-order valence-corrected chi connectivity index (χ0v) is 62.2. The molecule has 2 aromatic rings. The predicted octanol–water partition coefficient (Wildman–Crippen LogP) is 2.81. The first-order valence-electron chi connectivity index (χ1n) is 34.4. The molecular weight excluding hydrogens is 1380 g/mol. The number of methoxy groups -OCH3 is 17. The standard InChI is InChI=1S/C69H108N2O33/c1-74-29-39-46-52(79-6)58(85-12)64(93-39)100-47-40(30-75-2)95-66(60(87-14)53(47)80-7)102-49-42(32-77-4)97-68(62(89-16)55(49)82-9)104-51-44(34-92-38-26-22-36(23-27-38)71-70-35-20-24-37(25-21-35)91-28-18-19-45(72)73)98-69(63(90-17)57(51)84-11)103-50-43(33-78-5)96-67(61(88-15)56(50)83-10)101-48-41(31-76-3)94-65(99-46)59(86-13)54(48)81-8/h20-27,39-44,46-69H,18-19,28-34H2,1-17H3,(H,72,73). The minimum atomic E-state index is -1.31. The van der Waals surface area contributed by atoms with Crippen molar-refractivity contribution in [1.82, 2.24) is 0 Å². The number of benzene rings is 2. The van der Waals surface area contributed by atoms with Crippen LogP contribution in [0.5, 0.6) is 11.5 Å². The van der Waals surface area contributed by atoms with Gasteiger partial charge in [0.15, 0.2) is 37.7 Å². The maximum Gasteiger partial charge on any atom is 0.303 e. The molecule has 22 aliphatic heterocycles. The summed E-state index contributed by atoms with van der Waals surface area (Å²) in [7, 11) is 25.6. The van der Waals surface area contributed by atoms with Crippen molar-refractivity contribution >= 4 is 17.3 Å². The third-order valence-corrected chi connectivity index (χ3v) is 19.4. The molecule has 30 unspecified atom stereocenters. The van der Waals surface area contributed by atoms with Gasteiger partial charge in [0.05, 0.1) is 51.0 Å². The highest BCUT2D eigenvalue weighted by atomic mass is 16.8. The van der Waals surface area contributed by atoms with Crippen LogP contribution in [0.15, 0.2) is 58.8 Å². The molecule has 0 saturated carbocycles. The first-order valence-corrected chi connectivity index (χ1v) is 34.4. The molecule has 22 saturated heterocycles. The summed E-state index contributed by atoms with van der Waals surface area (Å²) in [6, 6.07) is 13.9. The van der Waals surface area contributed by atoms with Crippen molar-refractivity contribution in [3.63, 3.8) is 0 Å². The van der Waals surface area contributed by atoms with Gasteiger partial charge in [-0.05, 0) is 55.0 Å². The SMILES string of the molecule is COCC1OC2OC3C(COC)OC(OC4C(COC)OC(OC5C(COc6ccc(N=Nc7ccc(OCCCC(=O)O)cc7)cc6)OC(OC6C(COC)OC(OC7C(COC)OC(OC1C(OC)C2OC)C(OC)C7OC)C(OC)C6OC)C(OC)C5OC)C(OC)C4OC)C(OC)C3OC. The van der Waals surface area contributed by atoms with E-state index in [0.29, 0.717) is 29.3 Å². The van der Waals surface area contributed by atoms with E-state index in [1.165, 1.54) is 121 Å². The van der Waals surface area contributed by atoms with Crippen LogP contribution in [-0.2, 0) is 142 Å². The Labute approximate surface area is 606 Å². The maximum absolute atomic E-state index is 10.9. The fourth-order valence-corrected chi connectivity index (χ4v) is 14.5. The smallest absolute Gasteiger partial charge is 0.303 e. The summed E-state index contributed by atoms with van der Waals surface area (Å²) >= 11 is 0.